The zero-order valence-electron chi connectivity index (χ0n) is 28.2. The molecule has 1 unspecified atom stereocenters. The van der Waals surface area contributed by atoms with E-state index >= 15 is 0 Å². The van der Waals surface area contributed by atoms with Crippen molar-refractivity contribution in [3.63, 3.8) is 0 Å². The highest BCUT2D eigenvalue weighted by atomic mass is 15.0. The van der Waals surface area contributed by atoms with Crippen LogP contribution in [0.3, 0.4) is 0 Å². The van der Waals surface area contributed by atoms with Crippen molar-refractivity contribution in [3.8, 4) is 62.5 Å². The van der Waals surface area contributed by atoms with Crippen molar-refractivity contribution in [3.05, 3.63) is 139 Å². The Bertz CT molecular complexity index is 2140. The molecule has 3 aliphatic rings. The van der Waals surface area contributed by atoms with Gasteiger partial charge in [-0.2, -0.15) is 5.26 Å². The molecule has 3 saturated carbocycles. The van der Waals surface area contributed by atoms with Crippen molar-refractivity contribution in [2.75, 3.05) is 0 Å². The van der Waals surface area contributed by atoms with Gasteiger partial charge in [0.25, 0.3) is 0 Å². The van der Waals surface area contributed by atoms with Gasteiger partial charge in [0.2, 0.25) is 0 Å². The molecular weight excluding hydrogens is 597 g/mol. The molecule has 9 rings (SSSR count). The Hall–Kier alpha value is -5.40. The van der Waals surface area contributed by atoms with E-state index in [2.05, 4.69) is 80.6 Å². The van der Waals surface area contributed by atoms with Gasteiger partial charge in [-0.1, -0.05) is 123 Å². The number of benzene rings is 5. The highest BCUT2D eigenvalue weighted by Crippen LogP contribution is 2.51. The van der Waals surface area contributed by atoms with Crippen LogP contribution in [0.4, 0.5) is 0 Å². The van der Waals surface area contributed by atoms with Crippen LogP contribution in [0.1, 0.15) is 57.1 Å². The molecule has 6 aromatic rings. The van der Waals surface area contributed by atoms with Gasteiger partial charge in [-0.25, -0.2) is 15.0 Å². The van der Waals surface area contributed by atoms with Crippen LogP contribution in [0, 0.1) is 29.1 Å². The van der Waals surface area contributed by atoms with Gasteiger partial charge in [0.1, 0.15) is 0 Å². The van der Waals surface area contributed by atoms with Crippen molar-refractivity contribution in [2.45, 2.75) is 51.4 Å². The number of nitriles is 1. The van der Waals surface area contributed by atoms with E-state index in [1.165, 1.54) is 37.7 Å². The first-order chi connectivity index (χ1) is 23.9. The van der Waals surface area contributed by atoms with Gasteiger partial charge in [0.05, 0.1) is 11.6 Å². The maximum absolute atomic E-state index is 9.26. The average molecular weight is 637 g/mol. The summed E-state index contributed by atoms with van der Waals surface area (Å²) in [5.41, 5.74) is 9.48. The first kappa shape index (κ1) is 30.9. The second-order valence-electron chi connectivity index (χ2n) is 14.6. The Morgan fingerprint density at radius 1 is 0.551 bits per heavy atom. The van der Waals surface area contributed by atoms with Gasteiger partial charge in [0.15, 0.2) is 17.5 Å². The lowest BCUT2D eigenvalue weighted by atomic mass is 9.58. The lowest BCUT2D eigenvalue weighted by Gasteiger charge is -2.47. The Labute approximate surface area is 289 Å². The van der Waals surface area contributed by atoms with E-state index in [1.54, 1.807) is 0 Å². The van der Waals surface area contributed by atoms with Gasteiger partial charge < -0.3 is 0 Å². The Morgan fingerprint density at radius 3 is 1.90 bits per heavy atom. The largest absolute Gasteiger partial charge is 0.208 e. The topological polar surface area (TPSA) is 62.5 Å². The molecule has 0 radical (unpaired) electrons. The molecule has 0 N–H and O–H groups in total. The van der Waals surface area contributed by atoms with E-state index < -0.39 is 0 Å². The molecular formula is C45H40N4. The summed E-state index contributed by atoms with van der Waals surface area (Å²) in [6.07, 6.45) is 6.79. The van der Waals surface area contributed by atoms with E-state index in [-0.39, 0.29) is 5.41 Å². The fourth-order valence-corrected chi connectivity index (χ4v) is 8.51. The molecule has 240 valence electrons. The minimum Gasteiger partial charge on any atom is -0.208 e. The van der Waals surface area contributed by atoms with Crippen LogP contribution in [0.25, 0.3) is 56.4 Å². The smallest absolute Gasteiger partial charge is 0.164 e. The normalized spacial score (nSPS) is 21.5. The highest BCUT2D eigenvalue weighted by molar-refractivity contribution is 5.82. The van der Waals surface area contributed by atoms with E-state index in [1.807, 2.05) is 66.7 Å². The predicted octanol–water partition coefficient (Wildman–Crippen LogP) is 11.2. The van der Waals surface area contributed by atoms with Crippen molar-refractivity contribution in [1.82, 2.24) is 15.0 Å². The maximum Gasteiger partial charge on any atom is 0.164 e. The summed E-state index contributed by atoms with van der Waals surface area (Å²) in [6.45, 7) is 4.95. The molecule has 1 aromatic heterocycles. The molecule has 5 aromatic carbocycles. The summed E-state index contributed by atoms with van der Waals surface area (Å²) in [5, 5.41) is 9.26. The van der Waals surface area contributed by atoms with Crippen LogP contribution < -0.4 is 0 Å². The molecule has 3 aliphatic carbocycles. The molecule has 2 atom stereocenters. The minimum atomic E-state index is 0.216. The molecule has 3 fully saturated rings. The van der Waals surface area contributed by atoms with E-state index in [4.69, 9.17) is 15.0 Å². The van der Waals surface area contributed by atoms with Crippen molar-refractivity contribution >= 4 is 0 Å². The SMILES string of the molecule is C[C@H]1CC2CC(C2)CC(C)(c2ccc(-c3ccccc3-c3nc(-c4ccccc4)nc(-c4cccc(-c5ccc(C#N)cc5)c4)n3)cc2)C1. The number of aromatic nitrogens is 3. The van der Waals surface area contributed by atoms with Crippen LogP contribution in [-0.2, 0) is 5.41 Å². The standard InChI is InChI=1S/C45H40N4/c1-30-23-32-24-33(25-32)28-45(2,27-30)39-21-19-35(20-22-39)40-13-6-7-14-41(40)44-48-42(36-9-4-3-5-10-36)47-43(49-44)38-12-8-11-37(26-38)34-17-15-31(29-46)16-18-34/h3-22,26,30,32-33H,23-25,27-28H2,1-2H3/t30-,32?,33?,45?/m0/s1. The summed E-state index contributed by atoms with van der Waals surface area (Å²) in [5.74, 6) is 4.51. The van der Waals surface area contributed by atoms with Crippen LogP contribution in [0.2, 0.25) is 0 Å². The van der Waals surface area contributed by atoms with E-state index in [0.29, 0.717) is 23.0 Å². The number of fused-ring (bicyclic) bond motifs is 4. The second kappa shape index (κ2) is 12.9. The van der Waals surface area contributed by atoms with Gasteiger partial charge >= 0.3 is 0 Å². The van der Waals surface area contributed by atoms with Crippen LogP contribution in [-0.4, -0.2) is 15.0 Å². The summed E-state index contributed by atoms with van der Waals surface area (Å²) in [6, 6.07) is 46.1. The van der Waals surface area contributed by atoms with E-state index in [9.17, 15) is 5.26 Å². The minimum absolute atomic E-state index is 0.216. The van der Waals surface area contributed by atoms with Gasteiger partial charge in [-0.3, -0.25) is 0 Å². The third kappa shape index (κ3) is 6.30. The number of rotatable bonds is 6. The van der Waals surface area contributed by atoms with Crippen molar-refractivity contribution in [1.29, 1.82) is 5.26 Å². The molecule has 4 nitrogen and oxygen atoms in total. The molecule has 0 aliphatic heterocycles. The quantitative estimate of drug-likeness (QED) is 0.182. The third-order valence-corrected chi connectivity index (χ3v) is 10.8. The third-order valence-electron chi connectivity index (χ3n) is 10.8. The molecule has 1 heterocycles. The number of nitrogens with zero attached hydrogens (tertiary/aromatic N) is 4. The van der Waals surface area contributed by atoms with Crippen LogP contribution in [0.15, 0.2) is 127 Å². The Balaban J connectivity index is 1.19. The molecule has 49 heavy (non-hydrogen) atoms. The summed E-state index contributed by atoms with van der Waals surface area (Å²) < 4.78 is 0. The zero-order valence-corrected chi connectivity index (χ0v) is 28.2. The fraction of sp³-hybridized carbons (Fsp3) is 0.244. The Kier molecular flexibility index (Phi) is 8.14. The van der Waals surface area contributed by atoms with Crippen molar-refractivity contribution in [2.24, 2.45) is 17.8 Å². The molecule has 4 heteroatoms. The second-order valence-corrected chi connectivity index (χ2v) is 14.6. The Morgan fingerprint density at radius 2 is 1.16 bits per heavy atom. The highest BCUT2D eigenvalue weighted by Gasteiger charge is 2.41. The number of hydrogen-bond acceptors (Lipinski definition) is 4. The monoisotopic (exact) mass is 636 g/mol. The molecule has 0 spiro atoms. The van der Waals surface area contributed by atoms with Gasteiger partial charge in [0, 0.05) is 16.7 Å². The van der Waals surface area contributed by atoms with Gasteiger partial charge in [-0.15, -0.1) is 0 Å². The first-order valence-corrected chi connectivity index (χ1v) is 17.6. The molecule has 2 bridgehead atoms. The van der Waals surface area contributed by atoms with Gasteiger partial charge in [-0.05, 0) is 101 Å². The average Bonchev–Trinajstić information content (AvgIpc) is 3.13. The summed E-state index contributed by atoms with van der Waals surface area (Å²) in [7, 11) is 0. The lowest BCUT2D eigenvalue weighted by Crippen LogP contribution is -2.38. The number of hydrogen-bond donors (Lipinski definition) is 0. The van der Waals surface area contributed by atoms with Crippen molar-refractivity contribution < 1.29 is 0 Å². The van der Waals surface area contributed by atoms with Crippen LogP contribution >= 0.6 is 0 Å². The summed E-state index contributed by atoms with van der Waals surface area (Å²) >= 11 is 0. The van der Waals surface area contributed by atoms with Crippen LogP contribution in [0.5, 0.6) is 0 Å². The maximum atomic E-state index is 9.26. The van der Waals surface area contributed by atoms with E-state index in [0.717, 1.165) is 56.7 Å². The zero-order chi connectivity index (χ0) is 33.4. The summed E-state index contributed by atoms with van der Waals surface area (Å²) in [4.78, 5) is 15.2. The molecule has 0 amide bonds. The fourth-order valence-electron chi connectivity index (χ4n) is 8.51. The lowest BCUT2D eigenvalue weighted by molar-refractivity contribution is 0.0834. The first-order valence-electron chi connectivity index (χ1n) is 17.6. The molecule has 0 saturated heterocycles. The predicted molar refractivity (Wildman–Crippen MR) is 198 cm³/mol.